The molecule has 2 aromatic rings. The van der Waals surface area contributed by atoms with Crippen molar-refractivity contribution in [3.05, 3.63) is 53.1 Å². The Labute approximate surface area is 218 Å². The number of ether oxygens (including phenoxy) is 2. The molecule has 0 aromatic heterocycles. The van der Waals surface area contributed by atoms with Crippen LogP contribution < -0.4 is 14.8 Å². The highest BCUT2D eigenvalue weighted by Crippen LogP contribution is 2.49. The zero-order chi connectivity index (χ0) is 28.1. The van der Waals surface area contributed by atoms with Crippen LogP contribution in [0.15, 0.2) is 41.6 Å². The Morgan fingerprint density at radius 2 is 1.97 bits per heavy atom. The number of aliphatic hydroxyl groups is 1. The van der Waals surface area contributed by atoms with Gasteiger partial charge in [-0.3, -0.25) is 9.59 Å². The standard InChI is InChI=1S/C27H31F3N2O6/c1-5-6-12-25(3,21-8-7-9-22-23(21)38-16-37-22)15-26(35,27(28,29)30)24(34)31-19-11-10-18(14-33)20(13-19)17(2)32-36-4/h7-11,13-14,35H,5-6,12,15-16H2,1-4H3,(H,31,34)/b32-17-. The van der Waals surface area contributed by atoms with Crippen LogP contribution in [-0.4, -0.2) is 48.7 Å². The molecule has 1 heterocycles. The van der Waals surface area contributed by atoms with Crippen LogP contribution in [0, 0.1) is 0 Å². The predicted octanol–water partition coefficient (Wildman–Crippen LogP) is 5.37. The van der Waals surface area contributed by atoms with Crippen molar-refractivity contribution in [3.63, 3.8) is 0 Å². The molecule has 0 saturated carbocycles. The summed E-state index contributed by atoms with van der Waals surface area (Å²) in [6.07, 6.45) is -4.24. The molecule has 0 radical (unpaired) electrons. The molecule has 2 unspecified atom stereocenters. The fraction of sp³-hybridized carbons (Fsp3) is 0.444. The maximum absolute atomic E-state index is 14.5. The van der Waals surface area contributed by atoms with Crippen LogP contribution in [0.4, 0.5) is 18.9 Å². The monoisotopic (exact) mass is 536 g/mol. The number of amides is 1. The average Bonchev–Trinajstić information content (AvgIpc) is 3.36. The van der Waals surface area contributed by atoms with Crippen LogP contribution in [-0.2, 0) is 15.0 Å². The van der Waals surface area contributed by atoms with E-state index in [0.717, 1.165) is 0 Å². The number of alkyl halides is 3. The molecule has 2 atom stereocenters. The first-order chi connectivity index (χ1) is 17.9. The normalized spacial score (nSPS) is 16.4. The summed E-state index contributed by atoms with van der Waals surface area (Å²) in [5, 5.41) is 17.0. The number of aldehydes is 1. The Morgan fingerprint density at radius 3 is 2.61 bits per heavy atom. The number of carbonyl (C=O) groups is 2. The van der Waals surface area contributed by atoms with Crippen molar-refractivity contribution in [2.45, 2.75) is 63.6 Å². The molecule has 0 spiro atoms. The summed E-state index contributed by atoms with van der Waals surface area (Å²) in [5.74, 6) is -0.956. The molecule has 0 saturated heterocycles. The van der Waals surface area contributed by atoms with E-state index in [1.54, 1.807) is 25.1 Å². The van der Waals surface area contributed by atoms with Gasteiger partial charge in [0.25, 0.3) is 5.91 Å². The number of para-hydroxylation sites is 1. The Morgan fingerprint density at radius 1 is 1.24 bits per heavy atom. The van der Waals surface area contributed by atoms with E-state index in [4.69, 9.17) is 14.3 Å². The number of hydrogen-bond acceptors (Lipinski definition) is 7. The minimum absolute atomic E-state index is 0.0588. The number of benzene rings is 2. The molecule has 11 heteroatoms. The molecule has 1 aliphatic rings. The lowest BCUT2D eigenvalue weighted by Gasteiger charge is -2.39. The largest absolute Gasteiger partial charge is 0.454 e. The van der Waals surface area contributed by atoms with Crippen molar-refractivity contribution in [1.82, 2.24) is 0 Å². The molecule has 2 N–H and O–H groups in total. The Bertz CT molecular complexity index is 1220. The van der Waals surface area contributed by atoms with Gasteiger partial charge in [0.05, 0.1) is 5.71 Å². The number of rotatable bonds is 11. The number of oxime groups is 1. The first-order valence-electron chi connectivity index (χ1n) is 12.1. The third kappa shape index (κ3) is 5.77. The minimum atomic E-state index is -5.31. The van der Waals surface area contributed by atoms with E-state index in [-0.39, 0.29) is 35.7 Å². The summed E-state index contributed by atoms with van der Waals surface area (Å²) < 4.78 is 54.4. The highest BCUT2D eigenvalue weighted by Gasteiger charge is 2.62. The van der Waals surface area contributed by atoms with Gasteiger partial charge in [-0.2, -0.15) is 13.2 Å². The molecule has 206 valence electrons. The highest BCUT2D eigenvalue weighted by atomic mass is 19.4. The number of hydrogen-bond donors (Lipinski definition) is 2. The number of halogens is 3. The van der Waals surface area contributed by atoms with E-state index in [1.807, 2.05) is 6.92 Å². The van der Waals surface area contributed by atoms with Gasteiger partial charge < -0.3 is 24.7 Å². The van der Waals surface area contributed by atoms with Gasteiger partial charge in [0.1, 0.15) is 7.11 Å². The van der Waals surface area contributed by atoms with Crippen molar-refractivity contribution in [2.24, 2.45) is 5.16 Å². The Hall–Kier alpha value is -3.60. The molecular formula is C27H31F3N2O6. The molecule has 1 amide bonds. The zero-order valence-electron chi connectivity index (χ0n) is 21.6. The second-order valence-electron chi connectivity index (χ2n) is 9.47. The second-order valence-corrected chi connectivity index (χ2v) is 9.47. The van der Waals surface area contributed by atoms with Crippen molar-refractivity contribution in [1.29, 1.82) is 0 Å². The first-order valence-corrected chi connectivity index (χ1v) is 12.1. The number of unbranched alkanes of at least 4 members (excludes halogenated alkanes) is 1. The van der Waals surface area contributed by atoms with Crippen LogP contribution >= 0.6 is 0 Å². The van der Waals surface area contributed by atoms with E-state index >= 15 is 0 Å². The van der Waals surface area contributed by atoms with Gasteiger partial charge in [-0.1, -0.05) is 44.0 Å². The number of nitrogens with zero attached hydrogens (tertiary/aromatic N) is 1. The minimum Gasteiger partial charge on any atom is -0.454 e. The average molecular weight is 537 g/mol. The quantitative estimate of drug-likeness (QED) is 0.227. The van der Waals surface area contributed by atoms with Crippen molar-refractivity contribution < 1.29 is 42.2 Å². The van der Waals surface area contributed by atoms with E-state index in [0.29, 0.717) is 36.2 Å². The van der Waals surface area contributed by atoms with E-state index in [2.05, 4.69) is 10.5 Å². The van der Waals surface area contributed by atoms with Crippen LogP contribution in [0.1, 0.15) is 67.9 Å². The van der Waals surface area contributed by atoms with Gasteiger partial charge in [0.15, 0.2) is 17.8 Å². The first kappa shape index (κ1) is 29.0. The fourth-order valence-electron chi connectivity index (χ4n) is 4.64. The molecule has 0 aliphatic carbocycles. The molecule has 1 aliphatic heterocycles. The lowest BCUT2D eigenvalue weighted by atomic mass is 9.69. The van der Waals surface area contributed by atoms with Gasteiger partial charge in [-0.05, 0) is 43.0 Å². The van der Waals surface area contributed by atoms with Crippen LogP contribution in [0.25, 0.3) is 0 Å². The third-order valence-electron chi connectivity index (χ3n) is 6.68. The maximum Gasteiger partial charge on any atom is 0.426 e. The second kappa shape index (κ2) is 11.4. The number of anilines is 1. The number of nitrogens with one attached hydrogen (secondary N) is 1. The van der Waals surface area contributed by atoms with Gasteiger partial charge in [0, 0.05) is 28.8 Å². The summed E-state index contributed by atoms with van der Waals surface area (Å²) in [5.41, 5.74) is -3.98. The summed E-state index contributed by atoms with van der Waals surface area (Å²) >= 11 is 0. The van der Waals surface area contributed by atoms with Crippen LogP contribution in [0.2, 0.25) is 0 Å². The molecule has 0 bridgehead atoms. The summed E-state index contributed by atoms with van der Waals surface area (Å²) in [6.45, 7) is 4.93. The zero-order valence-corrected chi connectivity index (χ0v) is 21.6. The summed E-state index contributed by atoms with van der Waals surface area (Å²) in [6, 6.07) is 8.80. The van der Waals surface area contributed by atoms with Crippen LogP contribution in [0.5, 0.6) is 11.5 Å². The molecule has 38 heavy (non-hydrogen) atoms. The molecule has 2 aromatic carbocycles. The molecule has 0 fully saturated rings. The maximum atomic E-state index is 14.5. The predicted molar refractivity (Wildman–Crippen MR) is 135 cm³/mol. The summed E-state index contributed by atoms with van der Waals surface area (Å²) in [4.78, 5) is 29.3. The van der Waals surface area contributed by atoms with Gasteiger partial charge >= 0.3 is 6.18 Å². The highest BCUT2D eigenvalue weighted by molar-refractivity contribution is 6.06. The lowest BCUT2D eigenvalue weighted by molar-refractivity contribution is -0.255. The topological polar surface area (TPSA) is 106 Å². The third-order valence-corrected chi connectivity index (χ3v) is 6.68. The molecular weight excluding hydrogens is 505 g/mol. The van der Waals surface area contributed by atoms with E-state index in [9.17, 15) is 27.9 Å². The molecule has 3 rings (SSSR count). The van der Waals surface area contributed by atoms with E-state index < -0.39 is 29.5 Å². The smallest absolute Gasteiger partial charge is 0.426 e. The SMILES string of the molecule is CCCCC(C)(CC(O)(C(=O)Nc1ccc(C=O)c(/C(C)=N\OC)c1)C(F)(F)F)c1cccc2c1OCO2. The lowest BCUT2D eigenvalue weighted by Crippen LogP contribution is -2.57. The van der Waals surface area contributed by atoms with Gasteiger partial charge in [-0.25, -0.2) is 0 Å². The van der Waals surface area contributed by atoms with Crippen molar-refractivity contribution in [2.75, 3.05) is 19.2 Å². The Kier molecular flexibility index (Phi) is 8.71. The fourth-order valence-corrected chi connectivity index (χ4v) is 4.64. The van der Waals surface area contributed by atoms with Gasteiger partial charge in [0.2, 0.25) is 12.4 Å². The number of fused-ring (bicyclic) bond motifs is 1. The summed E-state index contributed by atoms with van der Waals surface area (Å²) in [7, 11) is 1.30. The van der Waals surface area contributed by atoms with Gasteiger partial charge in [-0.15, -0.1) is 0 Å². The Balaban J connectivity index is 2.03. The van der Waals surface area contributed by atoms with Crippen molar-refractivity contribution >= 4 is 23.6 Å². The number of carbonyl (C=O) groups excluding carboxylic acids is 2. The van der Waals surface area contributed by atoms with Crippen molar-refractivity contribution in [3.8, 4) is 11.5 Å². The van der Waals surface area contributed by atoms with E-state index in [1.165, 1.54) is 32.2 Å². The molecule has 8 nitrogen and oxygen atoms in total. The van der Waals surface area contributed by atoms with Crippen LogP contribution in [0.3, 0.4) is 0 Å².